The number of nitro groups is 1. The molecule has 2 rings (SSSR count). The molecule has 0 aliphatic heterocycles. The molecule has 1 aliphatic rings. The molecular formula is C18H24N2O4. The van der Waals surface area contributed by atoms with Crippen molar-refractivity contribution in [2.75, 3.05) is 6.54 Å². The lowest BCUT2D eigenvalue weighted by Gasteiger charge is -2.12. The zero-order valence-corrected chi connectivity index (χ0v) is 14.4. The molecule has 1 fully saturated rings. The second-order valence-corrected chi connectivity index (χ2v) is 7.18. The fourth-order valence-electron chi connectivity index (χ4n) is 3.09. The van der Waals surface area contributed by atoms with E-state index in [1.165, 1.54) is 29.8 Å². The van der Waals surface area contributed by atoms with Crippen molar-refractivity contribution in [1.82, 2.24) is 5.32 Å². The summed E-state index contributed by atoms with van der Waals surface area (Å²) in [6, 6.07) is 5.69. The van der Waals surface area contributed by atoms with E-state index in [1.807, 2.05) is 13.8 Å². The van der Waals surface area contributed by atoms with Crippen molar-refractivity contribution in [1.29, 1.82) is 0 Å². The van der Waals surface area contributed by atoms with Gasteiger partial charge in [-0.3, -0.25) is 14.9 Å². The molecule has 1 aromatic carbocycles. The molecule has 0 radical (unpaired) electrons. The average Bonchev–Trinajstić information content (AvgIpc) is 3.04. The summed E-state index contributed by atoms with van der Waals surface area (Å²) in [6.07, 6.45) is 1.23. The van der Waals surface area contributed by atoms with Crippen LogP contribution in [0.5, 0.6) is 0 Å². The summed E-state index contributed by atoms with van der Waals surface area (Å²) < 4.78 is 0. The maximum Gasteiger partial charge on any atom is 0.269 e. The Labute approximate surface area is 141 Å². The molecule has 1 amide bonds. The van der Waals surface area contributed by atoms with Crippen molar-refractivity contribution in [3.05, 3.63) is 51.6 Å². The SMILES string of the molecule is CC(C)=C[C@@H]1[C@H](C(=O)NC[C@H](O)c2ccc([N+](=O)[O-])cc2)C1(C)C. The average molecular weight is 332 g/mol. The monoisotopic (exact) mass is 332 g/mol. The smallest absolute Gasteiger partial charge is 0.269 e. The lowest BCUT2D eigenvalue weighted by atomic mass is 10.1. The number of benzene rings is 1. The lowest BCUT2D eigenvalue weighted by Crippen LogP contribution is -2.31. The number of nitrogens with zero attached hydrogens (tertiary/aromatic N) is 1. The number of aliphatic hydroxyl groups excluding tert-OH is 1. The highest BCUT2D eigenvalue weighted by Crippen LogP contribution is 2.59. The maximum absolute atomic E-state index is 12.4. The van der Waals surface area contributed by atoms with E-state index in [0.29, 0.717) is 5.56 Å². The van der Waals surface area contributed by atoms with Crippen molar-refractivity contribution in [2.45, 2.75) is 33.8 Å². The maximum atomic E-state index is 12.4. The minimum Gasteiger partial charge on any atom is -0.387 e. The van der Waals surface area contributed by atoms with E-state index in [0.717, 1.165) is 0 Å². The summed E-state index contributed by atoms with van der Waals surface area (Å²) in [6.45, 7) is 8.25. The molecule has 0 heterocycles. The number of nitro benzene ring substituents is 1. The summed E-state index contributed by atoms with van der Waals surface area (Å²) in [4.78, 5) is 22.5. The second kappa shape index (κ2) is 6.73. The van der Waals surface area contributed by atoms with Gasteiger partial charge in [0.05, 0.1) is 16.9 Å². The minimum absolute atomic E-state index is 0.0284. The van der Waals surface area contributed by atoms with Crippen molar-refractivity contribution in [3.8, 4) is 0 Å². The number of carbonyl (C=O) groups is 1. The number of nitrogens with one attached hydrogen (secondary N) is 1. The highest BCUT2D eigenvalue weighted by Gasteiger charge is 2.60. The van der Waals surface area contributed by atoms with Gasteiger partial charge in [-0.05, 0) is 42.9 Å². The van der Waals surface area contributed by atoms with Crippen LogP contribution >= 0.6 is 0 Å². The standard InChI is InChI=1S/C18H24N2O4/c1-11(2)9-14-16(18(14,3)4)17(22)19-10-15(21)12-5-7-13(8-6-12)20(23)24/h5-9,14-16,21H,10H2,1-4H3,(H,19,22)/t14-,15+,16-/m1/s1. The Morgan fingerprint density at radius 1 is 1.38 bits per heavy atom. The van der Waals surface area contributed by atoms with Crippen molar-refractivity contribution < 1.29 is 14.8 Å². The largest absolute Gasteiger partial charge is 0.387 e. The fraction of sp³-hybridized carbons (Fsp3) is 0.500. The van der Waals surface area contributed by atoms with Crippen LogP contribution in [-0.4, -0.2) is 22.5 Å². The van der Waals surface area contributed by atoms with Gasteiger partial charge in [0.1, 0.15) is 0 Å². The molecule has 0 unspecified atom stereocenters. The Bertz CT molecular complexity index is 660. The van der Waals surface area contributed by atoms with Crippen LogP contribution in [0.1, 0.15) is 39.4 Å². The molecule has 6 nitrogen and oxygen atoms in total. The summed E-state index contributed by atoms with van der Waals surface area (Å²) in [7, 11) is 0. The third-order valence-electron chi connectivity index (χ3n) is 4.66. The zero-order valence-electron chi connectivity index (χ0n) is 14.4. The molecule has 1 saturated carbocycles. The van der Waals surface area contributed by atoms with Gasteiger partial charge in [0, 0.05) is 18.7 Å². The topological polar surface area (TPSA) is 92.5 Å². The van der Waals surface area contributed by atoms with Crippen LogP contribution in [0, 0.1) is 27.4 Å². The van der Waals surface area contributed by atoms with E-state index in [9.17, 15) is 20.0 Å². The van der Waals surface area contributed by atoms with E-state index in [1.54, 1.807) is 0 Å². The Morgan fingerprint density at radius 3 is 2.46 bits per heavy atom. The first-order valence-electron chi connectivity index (χ1n) is 7.99. The normalized spacial score (nSPS) is 22.4. The Morgan fingerprint density at radius 2 is 1.96 bits per heavy atom. The molecule has 1 aromatic rings. The van der Waals surface area contributed by atoms with Gasteiger partial charge < -0.3 is 10.4 Å². The molecule has 0 spiro atoms. The van der Waals surface area contributed by atoms with Gasteiger partial charge in [0.25, 0.3) is 5.69 Å². The highest BCUT2D eigenvalue weighted by molar-refractivity contribution is 5.83. The van der Waals surface area contributed by atoms with E-state index >= 15 is 0 Å². The first kappa shape index (κ1) is 18.1. The van der Waals surface area contributed by atoms with Gasteiger partial charge in [-0.25, -0.2) is 0 Å². The van der Waals surface area contributed by atoms with Gasteiger partial charge in [-0.2, -0.15) is 0 Å². The van der Waals surface area contributed by atoms with E-state index in [4.69, 9.17) is 0 Å². The third kappa shape index (κ3) is 3.82. The summed E-state index contributed by atoms with van der Waals surface area (Å²) in [5, 5.41) is 23.6. The quantitative estimate of drug-likeness (QED) is 0.476. The van der Waals surface area contributed by atoms with Crippen LogP contribution in [0.25, 0.3) is 0 Å². The van der Waals surface area contributed by atoms with Crippen LogP contribution in [0.2, 0.25) is 0 Å². The first-order chi connectivity index (χ1) is 11.1. The number of hydrogen-bond acceptors (Lipinski definition) is 4. The number of hydrogen-bond donors (Lipinski definition) is 2. The van der Waals surface area contributed by atoms with Crippen LogP contribution in [0.15, 0.2) is 35.9 Å². The third-order valence-corrected chi connectivity index (χ3v) is 4.66. The minimum atomic E-state index is -0.890. The Kier molecular flexibility index (Phi) is 5.08. The molecule has 3 atom stereocenters. The number of rotatable bonds is 6. The van der Waals surface area contributed by atoms with Crippen molar-refractivity contribution >= 4 is 11.6 Å². The van der Waals surface area contributed by atoms with Gasteiger partial charge in [-0.1, -0.05) is 25.5 Å². The fourth-order valence-corrected chi connectivity index (χ4v) is 3.09. The number of allylic oxidation sites excluding steroid dienone is 2. The van der Waals surface area contributed by atoms with Crippen LogP contribution in [0.4, 0.5) is 5.69 Å². The van der Waals surface area contributed by atoms with E-state index < -0.39 is 11.0 Å². The first-order valence-corrected chi connectivity index (χ1v) is 7.99. The molecule has 24 heavy (non-hydrogen) atoms. The van der Waals surface area contributed by atoms with Crippen LogP contribution in [0.3, 0.4) is 0 Å². The molecule has 0 aromatic heterocycles. The van der Waals surface area contributed by atoms with Crippen molar-refractivity contribution in [3.63, 3.8) is 0 Å². The van der Waals surface area contributed by atoms with Gasteiger partial charge >= 0.3 is 0 Å². The molecule has 2 N–H and O–H groups in total. The Hall–Kier alpha value is -2.21. The number of aliphatic hydroxyl groups is 1. The number of carbonyl (C=O) groups excluding carboxylic acids is 1. The molecule has 130 valence electrons. The molecular weight excluding hydrogens is 308 g/mol. The van der Waals surface area contributed by atoms with Gasteiger partial charge in [-0.15, -0.1) is 0 Å². The van der Waals surface area contributed by atoms with Crippen LogP contribution in [-0.2, 0) is 4.79 Å². The predicted molar refractivity (Wildman–Crippen MR) is 91.3 cm³/mol. The molecule has 0 bridgehead atoms. The van der Waals surface area contributed by atoms with E-state index in [2.05, 4.69) is 25.2 Å². The van der Waals surface area contributed by atoms with Gasteiger partial charge in [0.2, 0.25) is 5.91 Å². The summed E-state index contributed by atoms with van der Waals surface area (Å²) in [5.41, 5.74) is 1.63. The summed E-state index contributed by atoms with van der Waals surface area (Å²) >= 11 is 0. The Balaban J connectivity index is 1.92. The molecule has 0 saturated heterocycles. The molecule has 1 aliphatic carbocycles. The summed E-state index contributed by atoms with van der Waals surface area (Å²) in [5.74, 6) is 0.0685. The zero-order chi connectivity index (χ0) is 18.1. The van der Waals surface area contributed by atoms with Crippen LogP contribution < -0.4 is 5.32 Å². The number of non-ortho nitro benzene ring substituents is 1. The van der Waals surface area contributed by atoms with Gasteiger partial charge in [0.15, 0.2) is 0 Å². The molecule has 6 heteroatoms. The van der Waals surface area contributed by atoms with E-state index in [-0.39, 0.29) is 35.4 Å². The highest BCUT2D eigenvalue weighted by atomic mass is 16.6. The second-order valence-electron chi connectivity index (χ2n) is 7.18. The lowest BCUT2D eigenvalue weighted by molar-refractivity contribution is -0.384. The number of amides is 1. The van der Waals surface area contributed by atoms with Crippen molar-refractivity contribution in [2.24, 2.45) is 17.3 Å². The predicted octanol–water partition coefficient (Wildman–Crippen LogP) is 2.98.